The first-order valence-corrected chi connectivity index (χ1v) is 11.2. The normalized spacial score (nSPS) is 16.1. The molecule has 2 aromatic rings. The molecule has 4 rings (SSSR count). The van der Waals surface area contributed by atoms with Crippen LogP contribution in [0.25, 0.3) is 0 Å². The van der Waals surface area contributed by atoms with Crippen molar-refractivity contribution in [1.29, 1.82) is 0 Å². The van der Waals surface area contributed by atoms with E-state index < -0.39 is 0 Å². The van der Waals surface area contributed by atoms with E-state index >= 15 is 0 Å². The molecule has 0 spiro atoms. The minimum atomic E-state index is -0.133. The number of nitrogens with one attached hydrogen (secondary N) is 1. The van der Waals surface area contributed by atoms with Gasteiger partial charge in [0.25, 0.3) is 0 Å². The lowest BCUT2D eigenvalue weighted by atomic mass is 10.2. The van der Waals surface area contributed by atoms with Gasteiger partial charge in [-0.15, -0.1) is 0 Å². The molecular formula is C24H30N4O3. The molecule has 0 bridgehead atoms. The summed E-state index contributed by atoms with van der Waals surface area (Å²) in [5.41, 5.74) is 1.73. The van der Waals surface area contributed by atoms with E-state index in [-0.39, 0.29) is 24.7 Å². The number of ether oxygens (including phenoxy) is 1. The largest absolute Gasteiger partial charge is 0.490 e. The number of rotatable bonds is 6. The highest BCUT2D eigenvalue weighted by Crippen LogP contribution is 2.31. The number of carbonyl (C=O) groups excluding carboxylic acids is 2. The van der Waals surface area contributed by atoms with Crippen molar-refractivity contribution in [2.45, 2.75) is 45.1 Å². The molecule has 1 aromatic carbocycles. The summed E-state index contributed by atoms with van der Waals surface area (Å²) in [6.45, 7) is 3.51. The Morgan fingerprint density at radius 1 is 0.968 bits per heavy atom. The summed E-state index contributed by atoms with van der Waals surface area (Å²) < 4.78 is 5.59. The van der Waals surface area contributed by atoms with E-state index in [0.717, 1.165) is 30.2 Å². The van der Waals surface area contributed by atoms with Crippen molar-refractivity contribution in [2.75, 3.05) is 36.0 Å². The van der Waals surface area contributed by atoms with Crippen molar-refractivity contribution < 1.29 is 14.3 Å². The van der Waals surface area contributed by atoms with Crippen molar-refractivity contribution in [3.05, 3.63) is 48.2 Å². The zero-order valence-corrected chi connectivity index (χ0v) is 17.9. The van der Waals surface area contributed by atoms with E-state index in [9.17, 15) is 9.59 Å². The molecule has 2 aliphatic rings. The standard InChI is InChI=1S/C24H30N4O3/c29-23(11-12-24(30)28-15-16-31-21-8-4-3-7-20(21)28)26-18-19-9-10-22(25-17-19)27-13-5-1-2-6-14-27/h3-4,7-10,17H,1-2,5-6,11-16,18H2,(H,26,29). The number of para-hydroxylation sites is 2. The van der Waals surface area contributed by atoms with E-state index in [0.29, 0.717) is 25.4 Å². The van der Waals surface area contributed by atoms with Crippen LogP contribution < -0.4 is 19.9 Å². The molecule has 0 aliphatic carbocycles. The molecule has 164 valence electrons. The molecular weight excluding hydrogens is 392 g/mol. The first-order chi connectivity index (χ1) is 15.2. The fourth-order valence-corrected chi connectivity index (χ4v) is 4.08. The van der Waals surface area contributed by atoms with Crippen molar-refractivity contribution >= 4 is 23.3 Å². The van der Waals surface area contributed by atoms with Gasteiger partial charge < -0.3 is 19.9 Å². The summed E-state index contributed by atoms with van der Waals surface area (Å²) in [5.74, 6) is 1.52. The molecule has 1 saturated heterocycles. The van der Waals surface area contributed by atoms with E-state index in [1.165, 1.54) is 25.7 Å². The number of fused-ring (bicyclic) bond motifs is 1. The predicted molar refractivity (Wildman–Crippen MR) is 120 cm³/mol. The summed E-state index contributed by atoms with van der Waals surface area (Å²) in [6, 6.07) is 11.5. The maximum Gasteiger partial charge on any atom is 0.227 e. The molecule has 31 heavy (non-hydrogen) atoms. The van der Waals surface area contributed by atoms with Crippen LogP contribution in [0.5, 0.6) is 5.75 Å². The maximum absolute atomic E-state index is 12.6. The monoisotopic (exact) mass is 422 g/mol. The Labute approximate surface area is 183 Å². The summed E-state index contributed by atoms with van der Waals surface area (Å²) in [5, 5.41) is 2.90. The van der Waals surface area contributed by atoms with Crippen LogP contribution in [0.2, 0.25) is 0 Å². The Balaban J connectivity index is 1.23. The second-order valence-electron chi connectivity index (χ2n) is 8.06. The zero-order chi connectivity index (χ0) is 21.5. The lowest BCUT2D eigenvalue weighted by molar-refractivity contribution is -0.125. The van der Waals surface area contributed by atoms with Crippen molar-refractivity contribution in [3.8, 4) is 5.75 Å². The van der Waals surface area contributed by atoms with Gasteiger partial charge in [-0.1, -0.05) is 31.0 Å². The summed E-state index contributed by atoms with van der Waals surface area (Å²) >= 11 is 0. The van der Waals surface area contributed by atoms with Gasteiger partial charge in [0.1, 0.15) is 18.2 Å². The number of hydrogen-bond donors (Lipinski definition) is 1. The highest BCUT2D eigenvalue weighted by molar-refractivity contribution is 5.97. The Bertz CT molecular complexity index is 892. The van der Waals surface area contributed by atoms with Gasteiger partial charge >= 0.3 is 0 Å². The van der Waals surface area contributed by atoms with Crippen molar-refractivity contribution in [3.63, 3.8) is 0 Å². The average molecular weight is 423 g/mol. The molecule has 0 saturated carbocycles. The molecule has 0 radical (unpaired) electrons. The average Bonchev–Trinajstić information content (AvgIpc) is 3.11. The van der Waals surface area contributed by atoms with E-state index in [2.05, 4.69) is 15.2 Å². The summed E-state index contributed by atoms with van der Waals surface area (Å²) in [4.78, 5) is 33.5. The van der Waals surface area contributed by atoms with Gasteiger partial charge in [-0.2, -0.15) is 0 Å². The topological polar surface area (TPSA) is 74.8 Å². The van der Waals surface area contributed by atoms with Gasteiger partial charge in [-0.05, 0) is 36.6 Å². The third kappa shape index (κ3) is 5.54. The summed E-state index contributed by atoms with van der Waals surface area (Å²) in [7, 11) is 0. The lowest BCUT2D eigenvalue weighted by Crippen LogP contribution is -2.38. The van der Waals surface area contributed by atoms with Crippen molar-refractivity contribution in [1.82, 2.24) is 10.3 Å². The highest BCUT2D eigenvalue weighted by Gasteiger charge is 2.23. The molecule has 3 heterocycles. The second kappa shape index (κ2) is 10.3. The van der Waals surface area contributed by atoms with Gasteiger partial charge in [-0.3, -0.25) is 9.59 Å². The predicted octanol–water partition coefficient (Wildman–Crippen LogP) is 3.28. The molecule has 1 aromatic heterocycles. The number of aromatic nitrogens is 1. The molecule has 0 unspecified atom stereocenters. The lowest BCUT2D eigenvalue weighted by Gasteiger charge is -2.29. The minimum Gasteiger partial charge on any atom is -0.490 e. The Morgan fingerprint density at radius 3 is 2.55 bits per heavy atom. The minimum absolute atomic E-state index is 0.0608. The number of anilines is 2. The second-order valence-corrected chi connectivity index (χ2v) is 8.06. The number of benzene rings is 1. The molecule has 1 N–H and O–H groups in total. The molecule has 0 atom stereocenters. The van der Waals surface area contributed by atoms with Crippen LogP contribution in [-0.4, -0.2) is 43.0 Å². The molecule has 2 amide bonds. The first kappa shape index (κ1) is 21.2. The summed E-state index contributed by atoms with van der Waals surface area (Å²) in [6.07, 6.45) is 7.19. The highest BCUT2D eigenvalue weighted by atomic mass is 16.5. The number of amides is 2. The third-order valence-corrected chi connectivity index (χ3v) is 5.82. The molecule has 2 aliphatic heterocycles. The number of pyridine rings is 1. The van der Waals surface area contributed by atoms with Crippen LogP contribution in [0.4, 0.5) is 11.5 Å². The van der Waals surface area contributed by atoms with Crippen LogP contribution in [0.15, 0.2) is 42.6 Å². The van der Waals surface area contributed by atoms with Crippen LogP contribution in [0.1, 0.15) is 44.1 Å². The van der Waals surface area contributed by atoms with Crippen molar-refractivity contribution in [2.24, 2.45) is 0 Å². The molecule has 7 nitrogen and oxygen atoms in total. The van der Waals surface area contributed by atoms with Gasteiger partial charge in [0.2, 0.25) is 11.8 Å². The van der Waals surface area contributed by atoms with E-state index in [1.54, 1.807) is 4.90 Å². The third-order valence-electron chi connectivity index (χ3n) is 5.82. The number of nitrogens with zero attached hydrogens (tertiary/aromatic N) is 3. The maximum atomic E-state index is 12.6. The molecule has 7 heteroatoms. The fraction of sp³-hybridized carbons (Fsp3) is 0.458. The Hall–Kier alpha value is -3.09. The van der Waals surface area contributed by atoms with Gasteiger partial charge in [0.15, 0.2) is 0 Å². The van der Waals surface area contributed by atoms with Crippen LogP contribution in [0, 0.1) is 0 Å². The number of carbonyl (C=O) groups is 2. The fourth-order valence-electron chi connectivity index (χ4n) is 4.08. The smallest absolute Gasteiger partial charge is 0.227 e. The van der Waals surface area contributed by atoms with Crippen LogP contribution in [-0.2, 0) is 16.1 Å². The van der Waals surface area contributed by atoms with Gasteiger partial charge in [0, 0.05) is 38.7 Å². The molecule has 1 fully saturated rings. The van der Waals surface area contributed by atoms with Gasteiger partial charge in [-0.25, -0.2) is 4.98 Å². The number of hydrogen-bond acceptors (Lipinski definition) is 5. The van der Waals surface area contributed by atoms with E-state index in [4.69, 9.17) is 4.74 Å². The SMILES string of the molecule is O=C(CCC(=O)N1CCOc2ccccc21)NCc1ccc(N2CCCCCC2)nc1. The first-order valence-electron chi connectivity index (χ1n) is 11.2. The van der Waals surface area contributed by atoms with Crippen LogP contribution in [0.3, 0.4) is 0 Å². The Kier molecular flexibility index (Phi) is 7.02. The van der Waals surface area contributed by atoms with Gasteiger partial charge in [0.05, 0.1) is 12.2 Å². The Morgan fingerprint density at radius 2 is 1.77 bits per heavy atom. The quantitative estimate of drug-likeness (QED) is 0.773. The van der Waals surface area contributed by atoms with Crippen LogP contribution >= 0.6 is 0 Å². The zero-order valence-electron chi connectivity index (χ0n) is 17.9. The van der Waals surface area contributed by atoms with E-state index in [1.807, 2.05) is 42.6 Å².